The van der Waals surface area contributed by atoms with Gasteiger partial charge < -0.3 is 4.74 Å². The molecule has 33 heavy (non-hydrogen) atoms. The van der Waals surface area contributed by atoms with Gasteiger partial charge in [-0.25, -0.2) is 9.79 Å². The second-order valence-electron chi connectivity index (χ2n) is 7.20. The van der Waals surface area contributed by atoms with Crippen LogP contribution in [-0.4, -0.2) is 22.1 Å². The van der Waals surface area contributed by atoms with Crippen LogP contribution in [0.2, 0.25) is 0 Å². The zero-order chi connectivity index (χ0) is 23.7. The predicted octanol–water partition coefficient (Wildman–Crippen LogP) is 3.47. The molecule has 0 spiro atoms. The van der Waals surface area contributed by atoms with Crippen molar-refractivity contribution < 1.29 is 14.5 Å². The molecule has 0 N–H and O–H groups in total. The Labute approximate surface area is 200 Å². The van der Waals surface area contributed by atoms with Crippen LogP contribution in [0, 0.1) is 10.1 Å². The van der Waals surface area contributed by atoms with Crippen LogP contribution in [-0.2, 0) is 9.53 Å². The Bertz CT molecular complexity index is 1450. The smallest absolute Gasteiger partial charge is 0.338 e. The molecule has 0 bridgehead atoms. The van der Waals surface area contributed by atoms with E-state index in [0.29, 0.717) is 26.2 Å². The highest BCUT2D eigenvalue weighted by Gasteiger charge is 2.33. The molecule has 168 valence electrons. The average molecular weight is 528 g/mol. The van der Waals surface area contributed by atoms with Crippen molar-refractivity contribution in [1.29, 1.82) is 0 Å². The van der Waals surface area contributed by atoms with E-state index in [1.807, 2.05) is 24.3 Å². The molecule has 2 heterocycles. The molecule has 1 atom stereocenters. The molecule has 0 radical (unpaired) electrons. The Hall–Kier alpha value is -3.37. The minimum absolute atomic E-state index is 0.0291. The number of aromatic nitrogens is 1. The third-order valence-electron chi connectivity index (χ3n) is 5.10. The summed E-state index contributed by atoms with van der Waals surface area (Å²) in [5.41, 5.74) is 1.86. The second kappa shape index (κ2) is 9.24. The van der Waals surface area contributed by atoms with Gasteiger partial charge in [-0.1, -0.05) is 39.4 Å². The van der Waals surface area contributed by atoms with Crippen LogP contribution >= 0.6 is 27.3 Å². The molecule has 4 rings (SSSR count). The first kappa shape index (κ1) is 22.8. The molecular formula is C23H18BrN3O5S. The van der Waals surface area contributed by atoms with E-state index in [1.54, 1.807) is 32.1 Å². The van der Waals surface area contributed by atoms with Crippen LogP contribution in [0.15, 0.2) is 74.1 Å². The van der Waals surface area contributed by atoms with E-state index in [9.17, 15) is 19.7 Å². The summed E-state index contributed by atoms with van der Waals surface area (Å²) in [5, 5.41) is 10.9. The van der Waals surface area contributed by atoms with Gasteiger partial charge in [0.25, 0.3) is 11.2 Å². The van der Waals surface area contributed by atoms with Gasteiger partial charge >= 0.3 is 5.97 Å². The lowest BCUT2D eigenvalue weighted by Gasteiger charge is -2.24. The van der Waals surface area contributed by atoms with Gasteiger partial charge in [0.1, 0.15) is 0 Å². The molecule has 0 aliphatic carbocycles. The second-order valence-corrected chi connectivity index (χ2v) is 9.13. The number of esters is 1. The van der Waals surface area contributed by atoms with Crippen LogP contribution in [0.1, 0.15) is 31.0 Å². The SMILES string of the molecule is CCOC(=O)C1=C(C)N=c2sc(=Cc3ccc([N+](=O)[O-])cc3)c(=O)n2C1c1ccc(Br)cc1. The number of halogens is 1. The number of fused-ring (bicyclic) bond motifs is 1. The van der Waals surface area contributed by atoms with Gasteiger partial charge in [-0.3, -0.25) is 19.5 Å². The Morgan fingerprint density at radius 1 is 1.24 bits per heavy atom. The van der Waals surface area contributed by atoms with E-state index >= 15 is 0 Å². The fourth-order valence-electron chi connectivity index (χ4n) is 3.60. The molecule has 10 heteroatoms. The highest BCUT2D eigenvalue weighted by molar-refractivity contribution is 9.10. The molecule has 1 aliphatic heterocycles. The third-order valence-corrected chi connectivity index (χ3v) is 6.62. The van der Waals surface area contributed by atoms with E-state index < -0.39 is 16.9 Å². The number of allylic oxidation sites excluding steroid dienone is 1. The van der Waals surface area contributed by atoms with Crippen molar-refractivity contribution in [3.8, 4) is 0 Å². The van der Waals surface area contributed by atoms with Crippen LogP contribution in [0.25, 0.3) is 6.08 Å². The average Bonchev–Trinajstić information content (AvgIpc) is 3.08. The van der Waals surface area contributed by atoms with Gasteiger partial charge in [0.05, 0.1) is 33.4 Å². The van der Waals surface area contributed by atoms with Crippen LogP contribution in [0.4, 0.5) is 5.69 Å². The standard InChI is InChI=1S/C23H18BrN3O5S/c1-3-32-22(29)19-13(2)25-23-26(20(19)15-6-8-16(24)9-7-15)21(28)18(33-23)12-14-4-10-17(11-5-14)27(30)31/h4-12,20H,3H2,1-2H3. The molecule has 0 fully saturated rings. The monoisotopic (exact) mass is 527 g/mol. The molecule has 1 aliphatic rings. The molecule has 8 nitrogen and oxygen atoms in total. The van der Waals surface area contributed by atoms with Crippen molar-refractivity contribution in [2.45, 2.75) is 19.9 Å². The van der Waals surface area contributed by atoms with Gasteiger partial charge in [0.2, 0.25) is 0 Å². The Balaban J connectivity index is 1.90. The summed E-state index contributed by atoms with van der Waals surface area (Å²) in [5.74, 6) is -0.517. The van der Waals surface area contributed by atoms with E-state index in [1.165, 1.54) is 28.0 Å². The summed E-state index contributed by atoms with van der Waals surface area (Å²) in [4.78, 5) is 41.7. The molecule has 1 unspecified atom stereocenters. The number of carbonyl (C=O) groups is 1. The van der Waals surface area contributed by atoms with Crippen molar-refractivity contribution in [1.82, 2.24) is 4.57 Å². The number of nitro groups is 1. The number of carbonyl (C=O) groups excluding carboxylic acids is 1. The summed E-state index contributed by atoms with van der Waals surface area (Å²) < 4.78 is 8.05. The first-order valence-electron chi connectivity index (χ1n) is 9.99. The lowest BCUT2D eigenvalue weighted by atomic mass is 9.96. The maximum absolute atomic E-state index is 13.5. The van der Waals surface area contributed by atoms with Crippen molar-refractivity contribution >= 4 is 45.0 Å². The molecule has 1 aromatic heterocycles. The number of rotatable bonds is 5. The zero-order valence-corrected chi connectivity index (χ0v) is 20.1. The number of hydrogen-bond acceptors (Lipinski definition) is 7. The van der Waals surface area contributed by atoms with Gasteiger partial charge in [0, 0.05) is 16.6 Å². The van der Waals surface area contributed by atoms with Crippen molar-refractivity contribution in [2.75, 3.05) is 6.61 Å². The van der Waals surface area contributed by atoms with Crippen LogP contribution in [0.3, 0.4) is 0 Å². The number of ether oxygens (including phenoxy) is 1. The third kappa shape index (κ3) is 4.44. The molecule has 0 amide bonds. The van der Waals surface area contributed by atoms with E-state index in [-0.39, 0.29) is 17.9 Å². The first-order valence-corrected chi connectivity index (χ1v) is 11.6. The normalized spacial score (nSPS) is 15.7. The fraction of sp³-hybridized carbons (Fsp3) is 0.174. The highest BCUT2D eigenvalue weighted by atomic mass is 79.9. The zero-order valence-electron chi connectivity index (χ0n) is 17.6. The number of hydrogen-bond donors (Lipinski definition) is 0. The minimum Gasteiger partial charge on any atom is -0.463 e. The summed E-state index contributed by atoms with van der Waals surface area (Å²) in [6.07, 6.45) is 1.66. The van der Waals surface area contributed by atoms with Crippen LogP contribution < -0.4 is 14.9 Å². The van der Waals surface area contributed by atoms with E-state index in [4.69, 9.17) is 4.74 Å². The van der Waals surface area contributed by atoms with Gasteiger partial charge in [-0.2, -0.15) is 0 Å². The topological polar surface area (TPSA) is 104 Å². The lowest BCUT2D eigenvalue weighted by molar-refractivity contribution is -0.384. The quantitative estimate of drug-likeness (QED) is 0.287. The summed E-state index contributed by atoms with van der Waals surface area (Å²) in [6, 6.07) is 12.6. The number of nitrogens with zero attached hydrogens (tertiary/aromatic N) is 3. The Morgan fingerprint density at radius 2 is 1.91 bits per heavy atom. The van der Waals surface area contributed by atoms with Crippen molar-refractivity contribution in [3.05, 3.63) is 105 Å². The molecular weight excluding hydrogens is 510 g/mol. The van der Waals surface area contributed by atoms with E-state index in [0.717, 1.165) is 10.0 Å². The lowest BCUT2D eigenvalue weighted by Crippen LogP contribution is -2.39. The molecule has 0 saturated carbocycles. The van der Waals surface area contributed by atoms with Crippen molar-refractivity contribution in [2.24, 2.45) is 4.99 Å². The fourth-order valence-corrected chi connectivity index (χ4v) is 4.91. The summed E-state index contributed by atoms with van der Waals surface area (Å²) in [6.45, 7) is 3.65. The summed E-state index contributed by atoms with van der Waals surface area (Å²) in [7, 11) is 0. The molecule has 3 aromatic rings. The number of nitro benzene ring substituents is 1. The van der Waals surface area contributed by atoms with Gasteiger partial charge in [0.15, 0.2) is 4.80 Å². The molecule has 2 aromatic carbocycles. The van der Waals surface area contributed by atoms with Gasteiger partial charge in [-0.05, 0) is 55.3 Å². The number of benzene rings is 2. The Morgan fingerprint density at radius 3 is 2.52 bits per heavy atom. The maximum Gasteiger partial charge on any atom is 0.338 e. The molecule has 0 saturated heterocycles. The first-order chi connectivity index (χ1) is 15.8. The van der Waals surface area contributed by atoms with Crippen LogP contribution in [0.5, 0.6) is 0 Å². The largest absolute Gasteiger partial charge is 0.463 e. The van der Waals surface area contributed by atoms with E-state index in [2.05, 4.69) is 20.9 Å². The number of thiazole rings is 1. The highest BCUT2D eigenvalue weighted by Crippen LogP contribution is 2.31. The summed E-state index contributed by atoms with van der Waals surface area (Å²) >= 11 is 4.61. The Kier molecular flexibility index (Phi) is 6.39. The predicted molar refractivity (Wildman–Crippen MR) is 128 cm³/mol. The minimum atomic E-state index is -0.688. The van der Waals surface area contributed by atoms with Crippen molar-refractivity contribution in [3.63, 3.8) is 0 Å². The number of non-ortho nitro benzene ring substituents is 1. The maximum atomic E-state index is 13.5. The van der Waals surface area contributed by atoms with Gasteiger partial charge in [-0.15, -0.1) is 0 Å².